The van der Waals surface area contributed by atoms with Crippen LogP contribution in [-0.2, 0) is 0 Å². The molecule has 28 heavy (non-hydrogen) atoms. The van der Waals surface area contributed by atoms with E-state index in [1.165, 1.54) is 0 Å². The first kappa shape index (κ1) is 19.7. The molecule has 12 heteroatoms. The number of methoxy groups -OCH3 is 1. The summed E-state index contributed by atoms with van der Waals surface area (Å²) < 4.78 is 47.9. The molecule has 6 nitrogen and oxygen atoms in total. The van der Waals surface area contributed by atoms with Crippen molar-refractivity contribution >= 4 is 36.7 Å². The Morgan fingerprint density at radius 1 is 1.14 bits per heavy atom. The van der Waals surface area contributed by atoms with Crippen LogP contribution in [0, 0.1) is 0 Å². The van der Waals surface area contributed by atoms with E-state index < -0.39 is 7.25 Å². The van der Waals surface area contributed by atoms with Crippen LogP contribution in [0.2, 0.25) is 5.02 Å². The second kappa shape index (κ2) is 7.89. The molecule has 2 aromatic carbocycles. The minimum Gasteiger partial charge on any atom is -0.497 e. The van der Waals surface area contributed by atoms with Crippen molar-refractivity contribution in [3.63, 3.8) is 0 Å². The molecule has 0 saturated carbocycles. The highest BCUT2D eigenvalue weighted by molar-refractivity contribution is 6.50. The molecule has 2 heterocycles. The molecule has 1 aliphatic heterocycles. The highest BCUT2D eigenvalue weighted by atomic mass is 35.5. The summed E-state index contributed by atoms with van der Waals surface area (Å²) in [5.41, 5.74) is 6.10. The van der Waals surface area contributed by atoms with Gasteiger partial charge < -0.3 is 22.0 Å². The normalized spacial score (nSPS) is 13.7. The standard InChI is InChI=1S/C16H13ClN5O.BF4/c1-23-13-5-2-11(3-6-13)9-22-15-8-12(17)4-7-14(15)21-10-18-19-16(21)20-22;2-1(3,4)5/h2-10H,1H3,(H,19,20);/q+1;-1/b22-9-;. The van der Waals surface area contributed by atoms with Crippen LogP contribution >= 0.6 is 11.6 Å². The zero-order chi connectivity index (χ0) is 20.3. The van der Waals surface area contributed by atoms with Crippen molar-refractivity contribution in [2.75, 3.05) is 12.5 Å². The van der Waals surface area contributed by atoms with Crippen LogP contribution in [-0.4, -0.2) is 40.0 Å². The molecular weight excluding hydrogens is 400 g/mol. The van der Waals surface area contributed by atoms with E-state index in [-0.39, 0.29) is 0 Å². The van der Waals surface area contributed by atoms with E-state index in [1.807, 2.05) is 57.9 Å². The molecule has 4 rings (SSSR count). The maximum absolute atomic E-state index is 9.75. The first-order chi connectivity index (χ1) is 13.2. The molecule has 0 unspecified atom stereocenters. The maximum Gasteiger partial charge on any atom is 0.673 e. The number of ether oxygens (including phenoxy) is 1. The number of fused-ring (bicyclic) bond motifs is 3. The Bertz CT molecular complexity index is 1000. The third-order valence-corrected chi connectivity index (χ3v) is 3.85. The van der Waals surface area contributed by atoms with Crippen LogP contribution in [0.4, 0.5) is 28.9 Å². The summed E-state index contributed by atoms with van der Waals surface area (Å²) in [5.74, 6) is 1.46. The zero-order valence-electron chi connectivity index (χ0n) is 14.4. The van der Waals surface area contributed by atoms with E-state index in [9.17, 15) is 17.3 Å². The predicted molar refractivity (Wildman–Crippen MR) is 98.3 cm³/mol. The molecule has 0 aliphatic carbocycles. The van der Waals surface area contributed by atoms with Gasteiger partial charge in [0.25, 0.3) is 11.6 Å². The van der Waals surface area contributed by atoms with Crippen molar-refractivity contribution in [2.45, 2.75) is 0 Å². The van der Waals surface area contributed by atoms with Gasteiger partial charge in [-0.2, -0.15) is 0 Å². The lowest BCUT2D eigenvalue weighted by Crippen LogP contribution is -2.24. The van der Waals surface area contributed by atoms with Crippen molar-refractivity contribution in [2.24, 2.45) is 0 Å². The summed E-state index contributed by atoms with van der Waals surface area (Å²) in [5, 5.41) is 8.70. The van der Waals surface area contributed by atoms with Gasteiger partial charge in [-0.05, 0) is 36.4 Å². The second-order valence-corrected chi connectivity index (χ2v) is 5.97. The van der Waals surface area contributed by atoms with Gasteiger partial charge in [-0.15, -0.1) is 15.6 Å². The third-order valence-electron chi connectivity index (χ3n) is 3.62. The van der Waals surface area contributed by atoms with Gasteiger partial charge in [0.1, 0.15) is 17.8 Å². The molecule has 0 spiro atoms. The number of aromatic nitrogens is 3. The quantitative estimate of drug-likeness (QED) is 0.386. The number of halogens is 5. The minimum absolute atomic E-state index is 0.643. The molecule has 0 radical (unpaired) electrons. The predicted octanol–water partition coefficient (Wildman–Crippen LogP) is 4.33. The first-order valence-electron chi connectivity index (χ1n) is 7.86. The average molecular weight is 414 g/mol. The molecule has 0 bridgehead atoms. The highest BCUT2D eigenvalue weighted by Gasteiger charge is 2.27. The van der Waals surface area contributed by atoms with Crippen molar-refractivity contribution in [1.82, 2.24) is 14.8 Å². The molecule has 0 saturated heterocycles. The summed E-state index contributed by atoms with van der Waals surface area (Å²) in [6, 6.07) is 13.5. The average Bonchev–Trinajstić information content (AvgIpc) is 3.09. The topological polar surface area (TPSA) is 55.0 Å². The molecule has 0 amide bonds. The Morgan fingerprint density at radius 2 is 1.82 bits per heavy atom. The Labute approximate surface area is 162 Å². The number of hydrazine groups is 1. The van der Waals surface area contributed by atoms with Crippen LogP contribution in [0.5, 0.6) is 5.75 Å². The van der Waals surface area contributed by atoms with E-state index >= 15 is 0 Å². The van der Waals surface area contributed by atoms with Crippen molar-refractivity contribution in [3.8, 4) is 11.4 Å². The van der Waals surface area contributed by atoms with Crippen molar-refractivity contribution in [3.05, 3.63) is 59.4 Å². The number of rotatable bonds is 2. The van der Waals surface area contributed by atoms with E-state index in [2.05, 4.69) is 15.6 Å². The van der Waals surface area contributed by atoms with E-state index in [1.54, 1.807) is 13.4 Å². The van der Waals surface area contributed by atoms with Gasteiger partial charge in [-0.25, -0.2) is 0 Å². The van der Waals surface area contributed by atoms with Crippen LogP contribution in [0.1, 0.15) is 5.56 Å². The number of nitrogens with one attached hydrogen (secondary N) is 1. The Kier molecular flexibility index (Phi) is 5.54. The number of anilines is 1. The molecule has 0 fully saturated rings. The fourth-order valence-corrected chi connectivity index (χ4v) is 2.66. The summed E-state index contributed by atoms with van der Waals surface area (Å²) >= 11 is 6.16. The molecule has 146 valence electrons. The van der Waals surface area contributed by atoms with Gasteiger partial charge in [-0.1, -0.05) is 16.3 Å². The van der Waals surface area contributed by atoms with Crippen molar-refractivity contribution in [1.29, 1.82) is 0 Å². The molecule has 1 N–H and O–H groups in total. The summed E-state index contributed by atoms with van der Waals surface area (Å²) in [6.45, 7) is 0. The number of hydrogen-bond acceptors (Lipinski definition) is 4. The molecule has 0 atom stereocenters. The number of nitrogens with zero attached hydrogens (tertiary/aromatic N) is 4. The monoisotopic (exact) mass is 413 g/mol. The number of hydrogen-bond donors (Lipinski definition) is 1. The van der Waals surface area contributed by atoms with Gasteiger partial charge >= 0.3 is 7.25 Å². The van der Waals surface area contributed by atoms with Gasteiger partial charge in [0.2, 0.25) is 6.21 Å². The lowest BCUT2D eigenvalue weighted by atomic mass is 10.2. The van der Waals surface area contributed by atoms with Crippen LogP contribution in [0.3, 0.4) is 0 Å². The van der Waals surface area contributed by atoms with E-state index in [0.29, 0.717) is 11.0 Å². The molecule has 1 aromatic heterocycles. The maximum atomic E-state index is 9.75. The van der Waals surface area contributed by atoms with Gasteiger partial charge in [0.15, 0.2) is 0 Å². The fourth-order valence-electron chi connectivity index (χ4n) is 2.49. The number of benzene rings is 2. The minimum atomic E-state index is -6.00. The SMILES string of the molecule is COc1ccc(/C=[N+]2\Nc3nncn3-c3ccc(Cl)cc32)cc1.F[B-](F)(F)F. The lowest BCUT2D eigenvalue weighted by Gasteiger charge is -2.15. The van der Waals surface area contributed by atoms with Gasteiger partial charge in [0, 0.05) is 16.7 Å². The largest absolute Gasteiger partial charge is 0.673 e. The highest BCUT2D eigenvalue weighted by Crippen LogP contribution is 2.32. The van der Waals surface area contributed by atoms with Crippen molar-refractivity contribution < 1.29 is 26.7 Å². The van der Waals surface area contributed by atoms with E-state index in [4.69, 9.17) is 16.3 Å². The van der Waals surface area contributed by atoms with Crippen LogP contribution in [0.25, 0.3) is 5.69 Å². The molecular formula is C16H13BClF4N5O. The lowest BCUT2D eigenvalue weighted by molar-refractivity contribution is -0.401. The van der Waals surface area contributed by atoms with Gasteiger partial charge in [0.05, 0.1) is 7.11 Å². The summed E-state index contributed by atoms with van der Waals surface area (Å²) in [4.78, 5) is 0. The Morgan fingerprint density at radius 3 is 2.46 bits per heavy atom. The molecule has 3 aromatic rings. The van der Waals surface area contributed by atoms with Crippen LogP contribution in [0.15, 0.2) is 48.8 Å². The molecule has 1 aliphatic rings. The Balaban J connectivity index is 0.000000403. The van der Waals surface area contributed by atoms with Crippen LogP contribution < -0.4 is 10.2 Å². The van der Waals surface area contributed by atoms with E-state index in [0.717, 1.165) is 22.7 Å². The first-order valence-corrected chi connectivity index (χ1v) is 8.24. The van der Waals surface area contributed by atoms with Gasteiger partial charge in [-0.3, -0.25) is 4.57 Å². The number of hydrazone groups is 1. The Hall–Kier alpha value is -3.08. The summed E-state index contributed by atoms with van der Waals surface area (Å²) in [6.07, 6.45) is 3.63. The fraction of sp³-hybridized carbons (Fsp3) is 0.0625. The smallest absolute Gasteiger partial charge is 0.497 e. The third kappa shape index (κ3) is 4.80. The second-order valence-electron chi connectivity index (χ2n) is 5.54. The summed E-state index contributed by atoms with van der Waals surface area (Å²) in [7, 11) is -4.35. The zero-order valence-corrected chi connectivity index (χ0v) is 15.1.